The van der Waals surface area contributed by atoms with Crippen LogP contribution in [0.3, 0.4) is 0 Å². The molecule has 2 nitrogen and oxygen atoms in total. The van der Waals surface area contributed by atoms with Crippen LogP contribution >= 0.6 is 0 Å². The van der Waals surface area contributed by atoms with Crippen molar-refractivity contribution < 1.29 is 4.39 Å². The minimum absolute atomic E-state index is 0. The molecule has 0 saturated heterocycles. The van der Waals surface area contributed by atoms with Crippen LogP contribution in [0.5, 0.6) is 0 Å². The van der Waals surface area contributed by atoms with Gasteiger partial charge in [0.25, 0.3) is 0 Å². The van der Waals surface area contributed by atoms with Gasteiger partial charge >= 0.3 is 0 Å². The van der Waals surface area contributed by atoms with Crippen molar-refractivity contribution in [2.24, 2.45) is 10.7 Å². The summed E-state index contributed by atoms with van der Waals surface area (Å²) in [5, 5.41) is 0. The number of halogens is 1. The van der Waals surface area contributed by atoms with E-state index in [2.05, 4.69) is 50.4 Å². The summed E-state index contributed by atoms with van der Waals surface area (Å²) < 4.78 is 13.1. The monoisotopic (exact) mass is 406 g/mol. The van der Waals surface area contributed by atoms with E-state index in [1.807, 2.05) is 18.2 Å². The van der Waals surface area contributed by atoms with Crippen LogP contribution in [0.25, 0.3) is 12.2 Å². The number of aliphatic imine (C=N–C) groups is 1. The summed E-state index contributed by atoms with van der Waals surface area (Å²) in [6, 6.07) is 10.6. The lowest BCUT2D eigenvalue weighted by Crippen LogP contribution is -2.08. The molecular weight excluding hydrogens is 371 g/mol. The average molecular weight is 407 g/mol. The maximum Gasteiger partial charge on any atom is 0.123 e. The molecule has 0 unspecified atom stereocenters. The molecule has 0 aliphatic heterocycles. The standard InChI is InChI=1S/C24H27FN2.C2H4.CH4/c1-5-20-13-9-17(2)24(22(20)8-6-7-18(3)26)23(27-4)16-12-19-10-14-21(25)15-11-19;1-2;/h5,9-16H,1,3,6-8,26H2,2,4H3;1-2H2;1H4/b16-12+,27-23?;;. The Bertz CT molecular complexity index is 890. The molecule has 2 aromatic rings. The zero-order valence-corrected chi connectivity index (χ0v) is 17.5. The molecule has 0 fully saturated rings. The van der Waals surface area contributed by atoms with Gasteiger partial charge in [0.1, 0.15) is 5.82 Å². The smallest absolute Gasteiger partial charge is 0.123 e. The van der Waals surface area contributed by atoms with Crippen LogP contribution in [0.15, 0.2) is 79.5 Å². The van der Waals surface area contributed by atoms with Gasteiger partial charge in [-0.1, -0.05) is 57.0 Å². The largest absolute Gasteiger partial charge is 0.403 e. The highest BCUT2D eigenvalue weighted by molar-refractivity contribution is 6.13. The molecule has 2 rings (SSSR count). The van der Waals surface area contributed by atoms with Gasteiger partial charge in [-0.3, -0.25) is 4.99 Å². The van der Waals surface area contributed by atoms with Gasteiger partial charge in [0.05, 0.1) is 5.71 Å². The first kappa shape index (κ1) is 26.8. The highest BCUT2D eigenvalue weighted by atomic mass is 19.1. The summed E-state index contributed by atoms with van der Waals surface area (Å²) in [6.45, 7) is 15.8. The predicted octanol–water partition coefficient (Wildman–Crippen LogP) is 7.14. The molecule has 2 N–H and O–H groups in total. The van der Waals surface area contributed by atoms with E-state index in [9.17, 15) is 4.39 Å². The summed E-state index contributed by atoms with van der Waals surface area (Å²) in [4.78, 5) is 4.51. The first-order chi connectivity index (χ1) is 14.0. The predicted molar refractivity (Wildman–Crippen MR) is 133 cm³/mol. The van der Waals surface area contributed by atoms with Crippen molar-refractivity contribution in [3.8, 4) is 0 Å². The van der Waals surface area contributed by atoms with Gasteiger partial charge in [-0.15, -0.1) is 13.2 Å². The third-order valence-corrected chi connectivity index (χ3v) is 4.50. The molecule has 0 radical (unpaired) electrons. The van der Waals surface area contributed by atoms with Crippen molar-refractivity contribution >= 4 is 17.9 Å². The quantitative estimate of drug-likeness (QED) is 0.367. The Morgan fingerprint density at radius 2 is 1.77 bits per heavy atom. The first-order valence-corrected chi connectivity index (χ1v) is 9.55. The van der Waals surface area contributed by atoms with E-state index in [1.54, 1.807) is 19.2 Å². The van der Waals surface area contributed by atoms with Crippen LogP contribution in [0.4, 0.5) is 4.39 Å². The topological polar surface area (TPSA) is 38.4 Å². The zero-order chi connectivity index (χ0) is 21.8. The Kier molecular flexibility index (Phi) is 12.4. The third-order valence-electron chi connectivity index (χ3n) is 4.50. The van der Waals surface area contributed by atoms with Crippen molar-refractivity contribution in [2.45, 2.75) is 33.6 Å². The molecule has 0 amide bonds. The Hall–Kier alpha value is -3.20. The van der Waals surface area contributed by atoms with E-state index in [0.717, 1.165) is 47.2 Å². The Labute approximate surface area is 182 Å². The second-order valence-corrected chi connectivity index (χ2v) is 6.53. The Morgan fingerprint density at radius 1 is 1.13 bits per heavy atom. The maximum absolute atomic E-state index is 13.1. The number of allylic oxidation sites excluding steroid dienone is 2. The number of benzene rings is 2. The highest BCUT2D eigenvalue weighted by Gasteiger charge is 2.13. The molecule has 3 heteroatoms. The second kappa shape index (κ2) is 13.9. The van der Waals surface area contributed by atoms with Gasteiger partial charge in [-0.25, -0.2) is 4.39 Å². The van der Waals surface area contributed by atoms with Crippen LogP contribution in [0.1, 0.15) is 48.1 Å². The number of hydrogen-bond donors (Lipinski definition) is 1. The van der Waals surface area contributed by atoms with E-state index in [-0.39, 0.29) is 13.2 Å². The van der Waals surface area contributed by atoms with E-state index in [0.29, 0.717) is 5.70 Å². The van der Waals surface area contributed by atoms with Crippen molar-refractivity contribution in [2.75, 3.05) is 7.05 Å². The van der Waals surface area contributed by atoms with Crippen LogP contribution in [-0.4, -0.2) is 12.8 Å². The molecule has 0 atom stereocenters. The van der Waals surface area contributed by atoms with Gasteiger partial charge in [0, 0.05) is 18.3 Å². The number of nitrogens with two attached hydrogens (primary N) is 1. The van der Waals surface area contributed by atoms with Gasteiger partial charge in [0.15, 0.2) is 0 Å². The Morgan fingerprint density at radius 3 is 2.30 bits per heavy atom. The van der Waals surface area contributed by atoms with Crippen LogP contribution in [0.2, 0.25) is 0 Å². The minimum atomic E-state index is -0.241. The lowest BCUT2D eigenvalue weighted by molar-refractivity contribution is 0.628. The van der Waals surface area contributed by atoms with Crippen molar-refractivity contribution in [3.63, 3.8) is 0 Å². The summed E-state index contributed by atoms with van der Waals surface area (Å²) in [7, 11) is 1.79. The zero-order valence-electron chi connectivity index (χ0n) is 17.5. The van der Waals surface area contributed by atoms with E-state index in [4.69, 9.17) is 5.73 Å². The fourth-order valence-corrected chi connectivity index (χ4v) is 3.11. The molecule has 0 heterocycles. The lowest BCUT2D eigenvalue weighted by atomic mass is 9.89. The summed E-state index contributed by atoms with van der Waals surface area (Å²) in [5.41, 5.74) is 12.8. The summed E-state index contributed by atoms with van der Waals surface area (Å²) >= 11 is 0. The summed E-state index contributed by atoms with van der Waals surface area (Å²) in [5.74, 6) is -0.241. The van der Waals surface area contributed by atoms with Crippen LogP contribution < -0.4 is 5.73 Å². The summed E-state index contributed by atoms with van der Waals surface area (Å²) in [6.07, 6.45) is 8.39. The number of rotatable bonds is 8. The van der Waals surface area contributed by atoms with E-state index in [1.165, 1.54) is 17.7 Å². The molecular formula is C27H35FN2. The average Bonchev–Trinajstić information content (AvgIpc) is 2.72. The number of aryl methyl sites for hydroxylation is 1. The fourth-order valence-electron chi connectivity index (χ4n) is 3.11. The van der Waals surface area contributed by atoms with Gasteiger partial charge in [0.2, 0.25) is 0 Å². The number of nitrogens with zero attached hydrogens (tertiary/aromatic N) is 1. The third kappa shape index (κ3) is 7.67. The van der Waals surface area contributed by atoms with Gasteiger partial charge < -0.3 is 5.73 Å². The molecule has 0 saturated carbocycles. The Balaban J connectivity index is 0.00000272. The van der Waals surface area contributed by atoms with Crippen molar-refractivity contribution in [3.05, 3.63) is 108 Å². The minimum Gasteiger partial charge on any atom is -0.403 e. The number of hydrogen-bond acceptors (Lipinski definition) is 2. The van der Waals surface area contributed by atoms with E-state index < -0.39 is 0 Å². The fraction of sp³-hybridized carbons (Fsp3) is 0.222. The van der Waals surface area contributed by atoms with Gasteiger partial charge in [-0.2, -0.15) is 0 Å². The molecule has 0 bridgehead atoms. The highest BCUT2D eigenvalue weighted by Crippen LogP contribution is 2.24. The molecule has 160 valence electrons. The SMILES string of the molecule is C.C=C.C=Cc1ccc(C)c(C(/C=C/c2ccc(F)cc2)=NC)c1CCCC(=C)N. The molecule has 0 aromatic heterocycles. The van der Waals surface area contributed by atoms with Crippen LogP contribution in [-0.2, 0) is 6.42 Å². The second-order valence-electron chi connectivity index (χ2n) is 6.53. The molecule has 2 aromatic carbocycles. The van der Waals surface area contributed by atoms with E-state index >= 15 is 0 Å². The molecule has 0 aliphatic carbocycles. The first-order valence-electron chi connectivity index (χ1n) is 9.55. The lowest BCUT2D eigenvalue weighted by Gasteiger charge is -2.16. The van der Waals surface area contributed by atoms with Gasteiger partial charge in [-0.05, 0) is 66.6 Å². The van der Waals surface area contributed by atoms with Crippen molar-refractivity contribution in [1.29, 1.82) is 0 Å². The molecule has 30 heavy (non-hydrogen) atoms. The molecule has 0 aliphatic rings. The van der Waals surface area contributed by atoms with Crippen molar-refractivity contribution in [1.82, 2.24) is 0 Å². The molecule has 0 spiro atoms. The van der Waals surface area contributed by atoms with Crippen LogP contribution in [0, 0.1) is 12.7 Å². The maximum atomic E-state index is 13.1. The normalized spacial score (nSPS) is 10.7.